The van der Waals surface area contributed by atoms with Gasteiger partial charge in [-0.2, -0.15) is 8.42 Å². The standard InChI is InChI=1S/C9H17FO2S/c10-13(11,12)8-9-6-4-2-1-3-5-7-9/h9H,1-8H2. The first-order valence-electron chi connectivity index (χ1n) is 5.00. The van der Waals surface area contributed by atoms with E-state index in [2.05, 4.69) is 0 Å². The molecule has 0 spiro atoms. The van der Waals surface area contributed by atoms with Crippen molar-refractivity contribution in [1.29, 1.82) is 0 Å². The Morgan fingerprint density at radius 2 is 1.46 bits per heavy atom. The Kier molecular flexibility index (Phi) is 4.16. The van der Waals surface area contributed by atoms with Crippen molar-refractivity contribution in [1.82, 2.24) is 0 Å². The van der Waals surface area contributed by atoms with Crippen LogP contribution in [0.4, 0.5) is 3.89 Å². The van der Waals surface area contributed by atoms with Crippen LogP contribution in [-0.4, -0.2) is 14.2 Å². The molecule has 2 nitrogen and oxygen atoms in total. The van der Waals surface area contributed by atoms with Gasteiger partial charge in [-0.15, -0.1) is 3.89 Å². The van der Waals surface area contributed by atoms with E-state index in [0.717, 1.165) is 25.7 Å². The zero-order valence-corrected chi connectivity index (χ0v) is 8.65. The summed E-state index contributed by atoms with van der Waals surface area (Å²) in [5.41, 5.74) is 0. The van der Waals surface area contributed by atoms with Gasteiger partial charge in [0.25, 0.3) is 0 Å². The first-order valence-corrected chi connectivity index (χ1v) is 6.55. The maximum absolute atomic E-state index is 12.4. The molecule has 0 aromatic heterocycles. The fraction of sp³-hybridized carbons (Fsp3) is 1.00. The lowest BCUT2D eigenvalue weighted by molar-refractivity contribution is 0.399. The lowest BCUT2D eigenvalue weighted by Crippen LogP contribution is -2.13. The van der Waals surface area contributed by atoms with Crippen molar-refractivity contribution < 1.29 is 12.3 Å². The molecule has 0 heterocycles. The Bertz CT molecular complexity index is 228. The Morgan fingerprint density at radius 1 is 1.00 bits per heavy atom. The zero-order chi connectivity index (χ0) is 9.73. The molecule has 1 aliphatic rings. The van der Waals surface area contributed by atoms with Gasteiger partial charge in [-0.25, -0.2) is 0 Å². The largest absolute Gasteiger partial charge is 0.302 e. The summed E-state index contributed by atoms with van der Waals surface area (Å²) < 4.78 is 33.2. The molecular weight excluding hydrogens is 191 g/mol. The first-order chi connectivity index (χ1) is 6.08. The maximum Gasteiger partial charge on any atom is 0.302 e. The Labute approximate surface area is 79.7 Å². The fourth-order valence-corrected chi connectivity index (χ4v) is 2.89. The van der Waals surface area contributed by atoms with E-state index < -0.39 is 10.2 Å². The van der Waals surface area contributed by atoms with Crippen molar-refractivity contribution in [3.05, 3.63) is 0 Å². The van der Waals surface area contributed by atoms with Crippen molar-refractivity contribution in [2.24, 2.45) is 5.92 Å². The molecule has 0 aliphatic heterocycles. The average molecular weight is 208 g/mol. The molecule has 4 heteroatoms. The van der Waals surface area contributed by atoms with E-state index in [1.807, 2.05) is 0 Å². The topological polar surface area (TPSA) is 34.1 Å². The molecule has 1 aliphatic carbocycles. The van der Waals surface area contributed by atoms with Gasteiger partial charge in [0.15, 0.2) is 0 Å². The smallest absolute Gasteiger partial charge is 0.195 e. The molecule has 13 heavy (non-hydrogen) atoms. The van der Waals surface area contributed by atoms with Gasteiger partial charge in [0.2, 0.25) is 0 Å². The number of halogens is 1. The quantitative estimate of drug-likeness (QED) is 0.654. The lowest BCUT2D eigenvalue weighted by atomic mass is 9.93. The van der Waals surface area contributed by atoms with Crippen molar-refractivity contribution in [2.75, 3.05) is 5.75 Å². The predicted octanol–water partition coefficient (Wildman–Crippen LogP) is 2.65. The highest BCUT2D eigenvalue weighted by Crippen LogP contribution is 2.23. The minimum absolute atomic E-state index is 0.0651. The Balaban J connectivity index is 2.38. The molecule has 0 amide bonds. The predicted molar refractivity (Wildman–Crippen MR) is 50.7 cm³/mol. The first kappa shape index (κ1) is 11.0. The molecule has 0 unspecified atom stereocenters. The highest BCUT2D eigenvalue weighted by molar-refractivity contribution is 7.86. The molecule has 0 radical (unpaired) electrons. The molecule has 0 bridgehead atoms. The second kappa shape index (κ2) is 4.94. The second-order valence-corrected chi connectivity index (χ2v) is 5.33. The summed E-state index contributed by atoms with van der Waals surface area (Å²) in [6.45, 7) is 0. The van der Waals surface area contributed by atoms with E-state index in [9.17, 15) is 12.3 Å². The van der Waals surface area contributed by atoms with Crippen LogP contribution >= 0.6 is 0 Å². The van der Waals surface area contributed by atoms with Crippen molar-refractivity contribution in [2.45, 2.75) is 44.9 Å². The Hall–Kier alpha value is -0.120. The summed E-state index contributed by atoms with van der Waals surface area (Å²) >= 11 is 0. The summed E-state index contributed by atoms with van der Waals surface area (Å²) in [6.07, 6.45) is 7.45. The van der Waals surface area contributed by atoms with Crippen LogP contribution in [0.25, 0.3) is 0 Å². The van der Waals surface area contributed by atoms with Gasteiger partial charge >= 0.3 is 10.2 Å². The molecule has 1 saturated carbocycles. The minimum atomic E-state index is -4.25. The maximum atomic E-state index is 12.4. The Morgan fingerprint density at radius 3 is 1.92 bits per heavy atom. The zero-order valence-electron chi connectivity index (χ0n) is 7.84. The number of hydrogen-bond acceptors (Lipinski definition) is 2. The van der Waals surface area contributed by atoms with Gasteiger partial charge in [0.05, 0.1) is 5.75 Å². The second-order valence-electron chi connectivity index (χ2n) is 3.92. The molecule has 0 saturated heterocycles. The SMILES string of the molecule is O=S(=O)(F)CC1CCCCCCC1. The summed E-state index contributed by atoms with van der Waals surface area (Å²) in [7, 11) is -4.25. The van der Waals surface area contributed by atoms with Crippen LogP contribution in [0.2, 0.25) is 0 Å². The minimum Gasteiger partial charge on any atom is -0.195 e. The van der Waals surface area contributed by atoms with E-state index >= 15 is 0 Å². The average Bonchev–Trinajstić information content (AvgIpc) is 1.92. The molecule has 78 valence electrons. The van der Waals surface area contributed by atoms with Crippen LogP contribution in [0.3, 0.4) is 0 Å². The van der Waals surface area contributed by atoms with Crippen molar-refractivity contribution in [3.63, 3.8) is 0 Å². The molecule has 0 atom stereocenters. The van der Waals surface area contributed by atoms with E-state index in [1.54, 1.807) is 0 Å². The highest BCUT2D eigenvalue weighted by atomic mass is 32.3. The van der Waals surface area contributed by atoms with E-state index in [1.165, 1.54) is 19.3 Å². The molecular formula is C9H17FO2S. The molecule has 0 N–H and O–H groups in total. The van der Waals surface area contributed by atoms with Crippen LogP contribution in [0.5, 0.6) is 0 Å². The van der Waals surface area contributed by atoms with Gasteiger partial charge in [0, 0.05) is 0 Å². The van der Waals surface area contributed by atoms with Gasteiger partial charge in [-0.1, -0.05) is 32.1 Å². The normalized spacial score (nSPS) is 22.2. The molecule has 0 aromatic rings. The van der Waals surface area contributed by atoms with Crippen LogP contribution in [0, 0.1) is 5.92 Å². The summed E-state index contributed by atoms with van der Waals surface area (Å²) in [5, 5.41) is 0. The number of rotatable bonds is 2. The highest BCUT2D eigenvalue weighted by Gasteiger charge is 2.18. The molecule has 1 fully saturated rings. The van der Waals surface area contributed by atoms with Crippen LogP contribution in [0.15, 0.2) is 0 Å². The van der Waals surface area contributed by atoms with Crippen LogP contribution < -0.4 is 0 Å². The number of hydrogen-bond donors (Lipinski definition) is 0. The van der Waals surface area contributed by atoms with Crippen molar-refractivity contribution >= 4 is 10.2 Å². The van der Waals surface area contributed by atoms with Crippen LogP contribution in [-0.2, 0) is 10.2 Å². The van der Waals surface area contributed by atoms with Gasteiger partial charge in [-0.05, 0) is 18.8 Å². The summed E-state index contributed by atoms with van der Waals surface area (Å²) in [4.78, 5) is 0. The monoisotopic (exact) mass is 208 g/mol. The summed E-state index contributed by atoms with van der Waals surface area (Å²) in [5.74, 6) is -0.192. The third-order valence-corrected chi connectivity index (χ3v) is 3.53. The van der Waals surface area contributed by atoms with E-state index in [-0.39, 0.29) is 11.7 Å². The summed E-state index contributed by atoms with van der Waals surface area (Å²) in [6, 6.07) is 0. The fourth-order valence-electron chi connectivity index (χ4n) is 1.99. The van der Waals surface area contributed by atoms with Crippen molar-refractivity contribution in [3.8, 4) is 0 Å². The van der Waals surface area contributed by atoms with E-state index in [0.29, 0.717) is 0 Å². The van der Waals surface area contributed by atoms with Gasteiger partial charge in [0.1, 0.15) is 0 Å². The lowest BCUT2D eigenvalue weighted by Gasteiger charge is -2.17. The molecule has 1 rings (SSSR count). The third-order valence-electron chi connectivity index (χ3n) is 2.66. The van der Waals surface area contributed by atoms with E-state index in [4.69, 9.17) is 0 Å². The molecule has 0 aromatic carbocycles. The van der Waals surface area contributed by atoms with Gasteiger partial charge < -0.3 is 0 Å². The third kappa shape index (κ3) is 5.24. The van der Waals surface area contributed by atoms with Gasteiger partial charge in [-0.3, -0.25) is 0 Å². The van der Waals surface area contributed by atoms with Crippen LogP contribution in [0.1, 0.15) is 44.9 Å².